The Morgan fingerprint density at radius 1 is 1.45 bits per heavy atom. The predicted molar refractivity (Wildman–Crippen MR) is 76.2 cm³/mol. The Kier molecular flexibility index (Phi) is 4.07. The summed E-state index contributed by atoms with van der Waals surface area (Å²) < 4.78 is 3.46. The number of hydrogen-bond acceptors (Lipinski definition) is 4. The Morgan fingerprint density at radius 2 is 2.20 bits per heavy atom. The van der Waals surface area contributed by atoms with E-state index in [1.54, 1.807) is 13.2 Å². The lowest BCUT2D eigenvalue weighted by atomic mass is 10.2. The van der Waals surface area contributed by atoms with E-state index in [4.69, 9.17) is 5.73 Å². The molecule has 2 heterocycles. The summed E-state index contributed by atoms with van der Waals surface area (Å²) >= 11 is 0. The second kappa shape index (κ2) is 5.77. The quantitative estimate of drug-likeness (QED) is 0.820. The number of imidazole rings is 1. The van der Waals surface area contributed by atoms with E-state index in [-0.39, 0.29) is 5.91 Å². The maximum Gasteiger partial charge on any atom is 0.271 e. The number of aryl methyl sites for hydroxylation is 3. The molecule has 2 aromatic heterocycles. The molecular weight excluding hydrogens is 256 g/mol. The Morgan fingerprint density at radius 3 is 2.75 bits per heavy atom. The maximum atomic E-state index is 12.1. The minimum atomic E-state index is -0.202. The molecule has 0 spiro atoms. The van der Waals surface area contributed by atoms with Crippen molar-refractivity contribution in [2.24, 2.45) is 14.1 Å². The van der Waals surface area contributed by atoms with Crippen molar-refractivity contribution in [2.75, 3.05) is 12.3 Å². The Balaban J connectivity index is 1.99. The minimum Gasteiger partial charge on any atom is -0.395 e. The topological polar surface area (TPSA) is 90.8 Å². The summed E-state index contributed by atoms with van der Waals surface area (Å²) in [6.07, 6.45) is 5.00. The van der Waals surface area contributed by atoms with Gasteiger partial charge in [-0.05, 0) is 6.42 Å². The smallest absolute Gasteiger partial charge is 0.271 e. The molecule has 7 heteroatoms. The molecule has 0 aromatic carbocycles. The van der Waals surface area contributed by atoms with Crippen molar-refractivity contribution in [3.8, 4) is 0 Å². The third kappa shape index (κ3) is 2.66. The number of nitrogens with one attached hydrogen (secondary N) is 1. The van der Waals surface area contributed by atoms with Gasteiger partial charge in [-0.1, -0.05) is 6.92 Å². The van der Waals surface area contributed by atoms with Gasteiger partial charge in [-0.25, -0.2) is 4.98 Å². The van der Waals surface area contributed by atoms with Gasteiger partial charge >= 0.3 is 0 Å². The second-order valence-corrected chi connectivity index (χ2v) is 4.65. The van der Waals surface area contributed by atoms with E-state index >= 15 is 0 Å². The van der Waals surface area contributed by atoms with Crippen LogP contribution in [0.5, 0.6) is 0 Å². The normalized spacial score (nSPS) is 10.8. The van der Waals surface area contributed by atoms with Crippen molar-refractivity contribution in [2.45, 2.75) is 19.8 Å². The van der Waals surface area contributed by atoms with Crippen LogP contribution in [0.3, 0.4) is 0 Å². The Bertz CT molecular complexity index is 612. The van der Waals surface area contributed by atoms with Gasteiger partial charge < -0.3 is 15.6 Å². The van der Waals surface area contributed by atoms with Crippen LogP contribution >= 0.6 is 0 Å². The number of nitrogens with two attached hydrogens (primary N) is 1. The van der Waals surface area contributed by atoms with Gasteiger partial charge in [0, 0.05) is 39.5 Å². The lowest BCUT2D eigenvalue weighted by molar-refractivity contribution is 0.0945. The largest absolute Gasteiger partial charge is 0.395 e. The number of nitrogens with zero attached hydrogens (tertiary/aromatic N) is 4. The monoisotopic (exact) mass is 276 g/mol. The third-order valence-corrected chi connectivity index (χ3v) is 3.27. The van der Waals surface area contributed by atoms with Crippen LogP contribution in [0, 0.1) is 0 Å². The highest BCUT2D eigenvalue weighted by Gasteiger charge is 2.18. The highest BCUT2D eigenvalue weighted by molar-refractivity contribution is 5.97. The van der Waals surface area contributed by atoms with Crippen LogP contribution < -0.4 is 11.1 Å². The first kappa shape index (κ1) is 14.1. The molecule has 0 bridgehead atoms. The van der Waals surface area contributed by atoms with E-state index in [2.05, 4.69) is 15.4 Å². The van der Waals surface area contributed by atoms with Crippen LogP contribution in [0.2, 0.25) is 0 Å². The number of rotatable bonds is 5. The van der Waals surface area contributed by atoms with E-state index in [9.17, 15) is 4.79 Å². The molecule has 0 aliphatic carbocycles. The van der Waals surface area contributed by atoms with Crippen LogP contribution in [-0.4, -0.2) is 31.8 Å². The van der Waals surface area contributed by atoms with Crippen LogP contribution in [0.25, 0.3) is 0 Å². The van der Waals surface area contributed by atoms with E-state index in [1.807, 2.05) is 24.7 Å². The number of carbonyl (C=O) groups is 1. The van der Waals surface area contributed by atoms with Gasteiger partial charge in [-0.2, -0.15) is 5.10 Å². The number of hydrogen-bond donors (Lipinski definition) is 2. The number of nitrogen functional groups attached to an aromatic ring is 1. The lowest BCUT2D eigenvalue weighted by Gasteiger charge is -2.06. The van der Waals surface area contributed by atoms with Crippen molar-refractivity contribution in [1.82, 2.24) is 24.6 Å². The highest BCUT2D eigenvalue weighted by Crippen LogP contribution is 2.16. The molecule has 1 amide bonds. The minimum absolute atomic E-state index is 0.202. The molecule has 2 aromatic rings. The zero-order valence-electron chi connectivity index (χ0n) is 12.1. The Hall–Kier alpha value is -2.31. The molecule has 2 rings (SSSR count). The van der Waals surface area contributed by atoms with Gasteiger partial charge in [-0.15, -0.1) is 0 Å². The molecule has 3 N–H and O–H groups in total. The van der Waals surface area contributed by atoms with Gasteiger partial charge in [0.25, 0.3) is 5.91 Å². The fourth-order valence-corrected chi connectivity index (χ4v) is 2.14. The Labute approximate surface area is 117 Å². The second-order valence-electron chi connectivity index (χ2n) is 4.65. The van der Waals surface area contributed by atoms with Crippen molar-refractivity contribution < 1.29 is 4.79 Å². The number of anilines is 1. The molecule has 7 nitrogen and oxygen atoms in total. The van der Waals surface area contributed by atoms with Crippen LogP contribution in [0.1, 0.15) is 28.9 Å². The molecule has 0 radical (unpaired) electrons. The fourth-order valence-electron chi connectivity index (χ4n) is 2.14. The first-order valence-corrected chi connectivity index (χ1v) is 6.60. The zero-order chi connectivity index (χ0) is 14.7. The van der Waals surface area contributed by atoms with Crippen molar-refractivity contribution in [1.29, 1.82) is 0 Å². The standard InChI is InChI=1S/C13H20N6O/c1-4-9-11(14)12(19(3)17-9)13(20)16-6-5-10-15-7-8-18(10)2/h7-8H,4-6,14H2,1-3H3,(H,16,20). The number of aromatic nitrogens is 4. The molecule has 0 atom stereocenters. The summed E-state index contributed by atoms with van der Waals surface area (Å²) in [5.41, 5.74) is 7.58. The fraction of sp³-hybridized carbons (Fsp3) is 0.462. The van der Waals surface area contributed by atoms with Gasteiger partial charge in [0.1, 0.15) is 11.5 Å². The van der Waals surface area contributed by atoms with E-state index in [1.165, 1.54) is 4.68 Å². The summed E-state index contributed by atoms with van der Waals surface area (Å²) in [5.74, 6) is 0.726. The molecule has 108 valence electrons. The van der Waals surface area contributed by atoms with Crippen LogP contribution in [0.15, 0.2) is 12.4 Å². The van der Waals surface area contributed by atoms with Crippen LogP contribution in [-0.2, 0) is 26.9 Å². The molecule has 0 aliphatic rings. The third-order valence-electron chi connectivity index (χ3n) is 3.27. The summed E-state index contributed by atoms with van der Waals surface area (Å²) in [4.78, 5) is 16.4. The van der Waals surface area contributed by atoms with E-state index < -0.39 is 0 Å². The first-order chi connectivity index (χ1) is 9.54. The molecular formula is C13H20N6O. The molecule has 20 heavy (non-hydrogen) atoms. The van der Waals surface area contributed by atoms with E-state index in [0.717, 1.165) is 11.5 Å². The summed E-state index contributed by atoms with van der Waals surface area (Å²) in [6.45, 7) is 2.47. The number of carbonyl (C=O) groups excluding carboxylic acids is 1. The van der Waals surface area contributed by atoms with Gasteiger partial charge in [0.15, 0.2) is 0 Å². The molecule has 0 saturated heterocycles. The van der Waals surface area contributed by atoms with Crippen LogP contribution in [0.4, 0.5) is 5.69 Å². The first-order valence-electron chi connectivity index (χ1n) is 6.60. The average molecular weight is 276 g/mol. The highest BCUT2D eigenvalue weighted by atomic mass is 16.2. The zero-order valence-corrected chi connectivity index (χ0v) is 12.1. The summed E-state index contributed by atoms with van der Waals surface area (Å²) in [6, 6.07) is 0. The molecule has 0 aliphatic heterocycles. The number of amides is 1. The maximum absolute atomic E-state index is 12.1. The average Bonchev–Trinajstić information content (AvgIpc) is 2.93. The molecule has 0 fully saturated rings. The van der Waals surface area contributed by atoms with Gasteiger partial charge in [-0.3, -0.25) is 9.48 Å². The van der Waals surface area contributed by atoms with Crippen molar-refractivity contribution in [3.05, 3.63) is 29.6 Å². The van der Waals surface area contributed by atoms with Gasteiger partial charge in [0.2, 0.25) is 0 Å². The van der Waals surface area contributed by atoms with Crippen molar-refractivity contribution >= 4 is 11.6 Å². The SMILES string of the molecule is CCc1nn(C)c(C(=O)NCCc2nccn2C)c1N. The molecule has 0 saturated carbocycles. The summed E-state index contributed by atoms with van der Waals surface area (Å²) in [5, 5.41) is 7.09. The van der Waals surface area contributed by atoms with Gasteiger partial charge in [0.05, 0.1) is 11.4 Å². The predicted octanol–water partition coefficient (Wildman–Crippen LogP) is 0.271. The summed E-state index contributed by atoms with van der Waals surface area (Å²) in [7, 11) is 3.65. The molecule has 0 unspecified atom stereocenters. The van der Waals surface area contributed by atoms with Crippen molar-refractivity contribution in [3.63, 3.8) is 0 Å². The van der Waals surface area contributed by atoms with E-state index in [0.29, 0.717) is 30.8 Å². The lowest BCUT2D eigenvalue weighted by Crippen LogP contribution is -2.28.